The summed E-state index contributed by atoms with van der Waals surface area (Å²) >= 11 is 11.7. The quantitative estimate of drug-likeness (QED) is 0.428. The number of nitrogens with one attached hydrogen (secondary N) is 2. The lowest BCUT2D eigenvalue weighted by Crippen LogP contribution is -2.49. The van der Waals surface area contributed by atoms with Gasteiger partial charge in [-0.05, 0) is 42.3 Å². The summed E-state index contributed by atoms with van der Waals surface area (Å²) in [5.74, 6) is -0.875. The van der Waals surface area contributed by atoms with Crippen molar-refractivity contribution in [3.63, 3.8) is 0 Å². The lowest BCUT2D eigenvalue weighted by Gasteiger charge is -2.16. The van der Waals surface area contributed by atoms with Crippen LogP contribution >= 0.6 is 23.2 Å². The summed E-state index contributed by atoms with van der Waals surface area (Å²) in [5.41, 5.74) is 0.998. The smallest absolute Gasteiger partial charge is 0.355 e. The molecule has 0 aliphatic heterocycles. The van der Waals surface area contributed by atoms with Crippen LogP contribution in [0.1, 0.15) is 11.1 Å². The van der Waals surface area contributed by atoms with Gasteiger partial charge < -0.3 is 24.9 Å². The van der Waals surface area contributed by atoms with Crippen LogP contribution in [0, 0.1) is 6.92 Å². The highest BCUT2D eigenvalue weighted by Gasteiger charge is 2.20. The Morgan fingerprint density at radius 3 is 2.56 bits per heavy atom. The maximum Gasteiger partial charge on any atom is 0.355 e. The molecular formula is C22H20Cl2N2O6. The van der Waals surface area contributed by atoms with Gasteiger partial charge in [0.15, 0.2) is 6.61 Å². The van der Waals surface area contributed by atoms with Gasteiger partial charge in [0, 0.05) is 23.0 Å². The molecule has 1 aromatic heterocycles. The van der Waals surface area contributed by atoms with Crippen LogP contribution in [-0.2, 0) is 16.1 Å². The van der Waals surface area contributed by atoms with Crippen molar-refractivity contribution >= 4 is 46.0 Å². The number of rotatable bonds is 8. The predicted octanol–water partition coefficient (Wildman–Crippen LogP) is 2.58. The van der Waals surface area contributed by atoms with Crippen molar-refractivity contribution in [3.05, 3.63) is 74.1 Å². The number of amides is 2. The number of ether oxygens (including phenoxy) is 1. The molecule has 168 valence electrons. The molecule has 0 saturated carbocycles. The number of benzene rings is 2. The van der Waals surface area contributed by atoms with Crippen LogP contribution in [0.15, 0.2) is 51.7 Å². The Hall–Kier alpha value is -3.07. The Kier molecular flexibility index (Phi) is 7.74. The molecule has 0 bridgehead atoms. The molecular weight excluding hydrogens is 459 g/mol. The van der Waals surface area contributed by atoms with E-state index in [2.05, 4.69) is 10.6 Å². The molecule has 8 nitrogen and oxygen atoms in total. The number of aryl methyl sites for hydroxylation is 1. The zero-order valence-corrected chi connectivity index (χ0v) is 18.5. The summed E-state index contributed by atoms with van der Waals surface area (Å²) in [4.78, 5) is 36.2. The van der Waals surface area contributed by atoms with Crippen LogP contribution in [0.2, 0.25) is 10.0 Å². The fourth-order valence-corrected chi connectivity index (χ4v) is 3.16. The zero-order valence-electron chi connectivity index (χ0n) is 17.0. The van der Waals surface area contributed by atoms with Crippen molar-refractivity contribution in [2.24, 2.45) is 0 Å². The first-order valence-corrected chi connectivity index (χ1v) is 10.3. The highest BCUT2D eigenvalue weighted by atomic mass is 35.5. The lowest BCUT2D eigenvalue weighted by molar-refractivity contribution is -0.131. The number of aliphatic hydroxyl groups is 1. The van der Waals surface area contributed by atoms with Crippen LogP contribution in [0.25, 0.3) is 11.0 Å². The Balaban J connectivity index is 1.55. The average molecular weight is 479 g/mol. The minimum Gasteiger partial charge on any atom is -0.484 e. The minimum atomic E-state index is -1.14. The normalized spacial score (nSPS) is 11.8. The van der Waals surface area contributed by atoms with Crippen LogP contribution in [0.3, 0.4) is 0 Å². The summed E-state index contributed by atoms with van der Waals surface area (Å²) in [6.45, 7) is 0.913. The van der Waals surface area contributed by atoms with E-state index in [0.29, 0.717) is 16.0 Å². The highest BCUT2D eigenvalue weighted by Crippen LogP contribution is 2.25. The Morgan fingerprint density at radius 2 is 1.88 bits per heavy atom. The van der Waals surface area contributed by atoms with Gasteiger partial charge in [0.2, 0.25) is 5.91 Å². The highest BCUT2D eigenvalue weighted by molar-refractivity contribution is 6.31. The largest absolute Gasteiger partial charge is 0.484 e. The molecule has 2 amide bonds. The summed E-state index contributed by atoms with van der Waals surface area (Å²) < 4.78 is 10.6. The van der Waals surface area contributed by atoms with E-state index >= 15 is 0 Å². The molecule has 32 heavy (non-hydrogen) atoms. The molecule has 0 radical (unpaired) electrons. The van der Waals surface area contributed by atoms with Gasteiger partial charge in [0.05, 0.1) is 6.61 Å². The molecule has 1 atom stereocenters. The third kappa shape index (κ3) is 5.79. The van der Waals surface area contributed by atoms with Gasteiger partial charge in [-0.1, -0.05) is 35.3 Å². The van der Waals surface area contributed by atoms with Crippen LogP contribution < -0.4 is 21.0 Å². The van der Waals surface area contributed by atoms with E-state index in [1.54, 1.807) is 43.3 Å². The molecule has 0 saturated heterocycles. The number of fused-ring (bicyclic) bond motifs is 1. The van der Waals surface area contributed by atoms with Crippen molar-refractivity contribution in [3.8, 4) is 5.75 Å². The van der Waals surface area contributed by atoms with Gasteiger partial charge >= 0.3 is 5.63 Å². The fraction of sp³-hybridized carbons (Fsp3) is 0.227. The van der Waals surface area contributed by atoms with Crippen molar-refractivity contribution in [1.29, 1.82) is 0 Å². The van der Waals surface area contributed by atoms with Crippen molar-refractivity contribution < 1.29 is 23.8 Å². The molecule has 0 aliphatic carbocycles. The van der Waals surface area contributed by atoms with E-state index in [4.69, 9.17) is 32.4 Å². The van der Waals surface area contributed by atoms with Gasteiger partial charge in [-0.25, -0.2) is 4.79 Å². The van der Waals surface area contributed by atoms with Gasteiger partial charge in [0.1, 0.15) is 22.4 Å². The molecule has 0 fully saturated rings. The van der Waals surface area contributed by atoms with Crippen LogP contribution in [0.4, 0.5) is 0 Å². The number of carbonyl (C=O) groups is 2. The number of hydrogen-bond acceptors (Lipinski definition) is 6. The molecule has 2 aromatic carbocycles. The molecule has 3 rings (SSSR count). The van der Waals surface area contributed by atoms with E-state index in [9.17, 15) is 19.5 Å². The standard InChI is InChI=1S/C22H20Cl2N2O6/c1-12-16-7-6-15(8-18(16)32-22(30)20(12)24)31-11-19(28)26-17(10-27)21(29)25-9-13-2-4-14(23)5-3-13/h2-8,17,27H,9-11H2,1H3,(H,25,29)(H,26,28)/t17-/m0/s1. The average Bonchev–Trinajstić information content (AvgIpc) is 2.79. The molecule has 10 heteroatoms. The lowest BCUT2D eigenvalue weighted by atomic mass is 10.1. The van der Waals surface area contributed by atoms with E-state index in [1.807, 2.05) is 0 Å². The van der Waals surface area contributed by atoms with Crippen molar-refractivity contribution in [2.75, 3.05) is 13.2 Å². The Labute approximate surface area is 193 Å². The zero-order chi connectivity index (χ0) is 23.3. The van der Waals surface area contributed by atoms with Gasteiger partial charge in [-0.2, -0.15) is 0 Å². The molecule has 3 N–H and O–H groups in total. The SMILES string of the molecule is Cc1c(Cl)c(=O)oc2cc(OCC(=O)N[C@@H](CO)C(=O)NCc3ccc(Cl)cc3)ccc12. The summed E-state index contributed by atoms with van der Waals surface area (Å²) in [6.07, 6.45) is 0. The Bertz CT molecular complexity index is 1190. The number of halogens is 2. The first-order valence-electron chi connectivity index (χ1n) is 9.56. The minimum absolute atomic E-state index is 0.00919. The molecule has 0 aliphatic rings. The first-order chi connectivity index (χ1) is 15.3. The van der Waals surface area contributed by atoms with Crippen LogP contribution in [0.5, 0.6) is 5.75 Å². The maximum atomic E-state index is 12.3. The summed E-state index contributed by atoms with van der Waals surface area (Å²) in [6, 6.07) is 10.5. The van der Waals surface area contributed by atoms with Crippen molar-refractivity contribution in [2.45, 2.75) is 19.5 Å². The maximum absolute atomic E-state index is 12.3. The van der Waals surface area contributed by atoms with Crippen LogP contribution in [-0.4, -0.2) is 36.2 Å². The molecule has 0 spiro atoms. The number of aliphatic hydroxyl groups excluding tert-OH is 1. The second-order valence-corrected chi connectivity index (χ2v) is 7.74. The third-order valence-corrected chi connectivity index (χ3v) is 5.34. The summed E-state index contributed by atoms with van der Waals surface area (Å²) in [7, 11) is 0. The van der Waals surface area contributed by atoms with Gasteiger partial charge in [-0.3, -0.25) is 9.59 Å². The van der Waals surface area contributed by atoms with E-state index in [1.165, 1.54) is 6.07 Å². The Morgan fingerprint density at radius 1 is 1.16 bits per heavy atom. The monoisotopic (exact) mass is 478 g/mol. The van der Waals surface area contributed by atoms with E-state index < -0.39 is 36.7 Å². The van der Waals surface area contributed by atoms with Gasteiger partial charge in [-0.15, -0.1) is 0 Å². The number of hydrogen-bond donors (Lipinski definition) is 3. The molecule has 3 aromatic rings. The van der Waals surface area contributed by atoms with Crippen molar-refractivity contribution in [1.82, 2.24) is 10.6 Å². The molecule has 1 heterocycles. The van der Waals surface area contributed by atoms with E-state index in [-0.39, 0.29) is 22.9 Å². The molecule has 0 unspecified atom stereocenters. The predicted molar refractivity (Wildman–Crippen MR) is 120 cm³/mol. The van der Waals surface area contributed by atoms with E-state index in [0.717, 1.165) is 5.56 Å². The van der Waals surface area contributed by atoms with Gasteiger partial charge in [0.25, 0.3) is 5.91 Å². The second kappa shape index (κ2) is 10.5. The topological polar surface area (TPSA) is 118 Å². The summed E-state index contributed by atoms with van der Waals surface area (Å²) in [5, 5.41) is 15.7. The fourth-order valence-electron chi connectivity index (χ4n) is 2.90. The number of carbonyl (C=O) groups excluding carboxylic acids is 2. The second-order valence-electron chi connectivity index (χ2n) is 6.92. The first kappa shape index (κ1) is 23.6. The third-order valence-electron chi connectivity index (χ3n) is 4.65.